The predicted octanol–water partition coefficient (Wildman–Crippen LogP) is 4.50. The van der Waals surface area contributed by atoms with Gasteiger partial charge < -0.3 is 9.88 Å². The number of benzene rings is 2. The largest absolute Gasteiger partial charge is 0.322 e. The molecule has 2 heterocycles. The van der Waals surface area contributed by atoms with Crippen molar-refractivity contribution in [2.45, 2.75) is 32.6 Å². The van der Waals surface area contributed by atoms with Crippen molar-refractivity contribution in [1.29, 1.82) is 0 Å². The first kappa shape index (κ1) is 23.3. The van der Waals surface area contributed by atoms with Gasteiger partial charge in [-0.05, 0) is 75.2 Å². The Kier molecular flexibility index (Phi) is 6.05. The van der Waals surface area contributed by atoms with Crippen molar-refractivity contribution in [1.82, 2.24) is 14.3 Å². The summed E-state index contributed by atoms with van der Waals surface area (Å²) < 4.78 is 32.1. The molecule has 0 aliphatic heterocycles. The van der Waals surface area contributed by atoms with Crippen molar-refractivity contribution in [3.63, 3.8) is 0 Å². The Morgan fingerprint density at radius 2 is 1.47 bits per heavy atom. The average molecular weight is 478 g/mol. The van der Waals surface area contributed by atoms with Gasteiger partial charge in [-0.15, -0.1) is 0 Å². The summed E-state index contributed by atoms with van der Waals surface area (Å²) in [6.07, 6.45) is 1.52. The van der Waals surface area contributed by atoms with E-state index in [4.69, 9.17) is 0 Å². The average Bonchev–Trinajstić information content (AvgIpc) is 3.32. The van der Waals surface area contributed by atoms with Gasteiger partial charge in [0.05, 0.1) is 16.8 Å². The molecular formula is C25H27N5O3S. The lowest BCUT2D eigenvalue weighted by Gasteiger charge is -2.14. The van der Waals surface area contributed by atoms with E-state index in [9.17, 15) is 13.2 Å². The summed E-state index contributed by atoms with van der Waals surface area (Å²) in [6, 6.07) is 15.6. The van der Waals surface area contributed by atoms with E-state index in [0.29, 0.717) is 22.8 Å². The molecule has 2 N–H and O–H groups in total. The molecule has 0 aliphatic carbocycles. The number of aryl methyl sites for hydroxylation is 5. The van der Waals surface area contributed by atoms with Gasteiger partial charge in [-0.25, -0.2) is 8.42 Å². The van der Waals surface area contributed by atoms with Gasteiger partial charge in [0, 0.05) is 24.1 Å². The summed E-state index contributed by atoms with van der Waals surface area (Å²) >= 11 is 0. The van der Waals surface area contributed by atoms with Crippen LogP contribution in [0.2, 0.25) is 0 Å². The minimum Gasteiger partial charge on any atom is -0.322 e. The van der Waals surface area contributed by atoms with Crippen molar-refractivity contribution in [2.75, 3.05) is 10.0 Å². The summed E-state index contributed by atoms with van der Waals surface area (Å²) in [6.45, 7) is 7.64. The first-order chi connectivity index (χ1) is 16.1. The van der Waals surface area contributed by atoms with Crippen molar-refractivity contribution in [2.24, 2.45) is 7.05 Å². The third-order valence-corrected chi connectivity index (χ3v) is 7.14. The fourth-order valence-electron chi connectivity index (χ4n) is 3.94. The second-order valence-electron chi connectivity index (χ2n) is 8.31. The monoisotopic (exact) mass is 477 g/mol. The fourth-order valence-corrected chi connectivity index (χ4v) is 5.15. The molecule has 0 fully saturated rings. The lowest BCUT2D eigenvalue weighted by Crippen LogP contribution is -2.17. The van der Waals surface area contributed by atoms with Crippen LogP contribution in [0.1, 0.15) is 32.9 Å². The number of hydrogen-bond acceptors (Lipinski definition) is 4. The Balaban J connectivity index is 1.56. The minimum atomic E-state index is -3.78. The molecule has 0 aliphatic rings. The maximum Gasteiger partial charge on any atom is 0.261 e. The highest BCUT2D eigenvalue weighted by Gasteiger charge is 2.21. The van der Waals surface area contributed by atoms with E-state index in [2.05, 4.69) is 15.1 Å². The Morgan fingerprint density at radius 1 is 0.882 bits per heavy atom. The normalized spacial score (nSPS) is 11.4. The third kappa shape index (κ3) is 4.34. The van der Waals surface area contributed by atoms with Crippen LogP contribution in [0.3, 0.4) is 0 Å². The molecule has 2 aromatic heterocycles. The molecule has 0 radical (unpaired) electrons. The summed E-state index contributed by atoms with van der Waals surface area (Å²) in [7, 11) is -1.99. The zero-order valence-corrected chi connectivity index (χ0v) is 20.6. The van der Waals surface area contributed by atoms with Gasteiger partial charge in [-0.1, -0.05) is 18.2 Å². The van der Waals surface area contributed by atoms with Gasteiger partial charge in [-0.2, -0.15) is 5.10 Å². The molecule has 2 aromatic carbocycles. The van der Waals surface area contributed by atoms with Crippen molar-refractivity contribution >= 4 is 27.3 Å². The second-order valence-corrected chi connectivity index (χ2v) is 9.99. The Labute approximate surface area is 199 Å². The molecule has 176 valence electrons. The van der Waals surface area contributed by atoms with Crippen LogP contribution < -0.4 is 10.0 Å². The van der Waals surface area contributed by atoms with E-state index >= 15 is 0 Å². The van der Waals surface area contributed by atoms with Crippen LogP contribution in [0.4, 0.5) is 11.4 Å². The molecule has 9 heteroatoms. The SMILES string of the molecule is Cc1cccc(C)c1NS(=O)(=O)c1ccc(NC(=O)c2cnn(C)c2-n2c(C)ccc2C)cc1. The lowest BCUT2D eigenvalue weighted by atomic mass is 10.1. The number of amides is 1. The van der Waals surface area contributed by atoms with Crippen molar-refractivity contribution in [3.8, 4) is 5.82 Å². The number of sulfonamides is 1. The van der Waals surface area contributed by atoms with E-state index < -0.39 is 10.0 Å². The van der Waals surface area contributed by atoms with E-state index in [0.717, 1.165) is 22.5 Å². The molecule has 0 saturated carbocycles. The van der Waals surface area contributed by atoms with Crippen LogP contribution in [0, 0.1) is 27.7 Å². The number of nitrogens with one attached hydrogen (secondary N) is 2. The Hall–Kier alpha value is -3.85. The number of carbonyl (C=O) groups excluding carboxylic acids is 1. The molecule has 4 rings (SSSR count). The summed E-state index contributed by atoms with van der Waals surface area (Å²) in [5.74, 6) is 0.328. The number of aromatic nitrogens is 3. The first-order valence-corrected chi connectivity index (χ1v) is 12.2. The topological polar surface area (TPSA) is 98.0 Å². The minimum absolute atomic E-state index is 0.105. The van der Waals surface area contributed by atoms with E-state index in [-0.39, 0.29) is 10.8 Å². The highest BCUT2D eigenvalue weighted by Crippen LogP contribution is 2.25. The van der Waals surface area contributed by atoms with Crippen LogP contribution in [0.15, 0.2) is 65.7 Å². The third-order valence-electron chi connectivity index (χ3n) is 5.78. The molecule has 4 aromatic rings. The number of hydrogen-bond donors (Lipinski definition) is 2. The van der Waals surface area contributed by atoms with Crippen molar-refractivity contribution < 1.29 is 13.2 Å². The zero-order valence-electron chi connectivity index (χ0n) is 19.7. The van der Waals surface area contributed by atoms with Crippen LogP contribution >= 0.6 is 0 Å². The quantitative estimate of drug-likeness (QED) is 0.427. The van der Waals surface area contributed by atoms with Gasteiger partial charge >= 0.3 is 0 Å². The molecule has 0 atom stereocenters. The number of carbonyl (C=O) groups is 1. The molecule has 1 amide bonds. The summed E-state index contributed by atoms with van der Waals surface area (Å²) in [5.41, 5.74) is 5.12. The highest BCUT2D eigenvalue weighted by atomic mass is 32.2. The fraction of sp³-hybridized carbons (Fsp3) is 0.200. The lowest BCUT2D eigenvalue weighted by molar-refractivity contribution is 0.102. The second kappa shape index (κ2) is 8.83. The molecule has 0 bridgehead atoms. The Morgan fingerprint density at radius 3 is 2.06 bits per heavy atom. The molecular weight excluding hydrogens is 450 g/mol. The van der Waals surface area contributed by atoms with Gasteiger partial charge in [0.1, 0.15) is 11.4 Å². The van der Waals surface area contributed by atoms with Gasteiger partial charge in [0.25, 0.3) is 15.9 Å². The number of anilines is 2. The van der Waals surface area contributed by atoms with Crippen LogP contribution in [-0.2, 0) is 17.1 Å². The maximum absolute atomic E-state index is 13.1. The van der Waals surface area contributed by atoms with Crippen molar-refractivity contribution in [3.05, 3.63) is 88.9 Å². The highest BCUT2D eigenvalue weighted by molar-refractivity contribution is 7.92. The van der Waals surface area contributed by atoms with Crippen LogP contribution in [0.25, 0.3) is 5.82 Å². The van der Waals surface area contributed by atoms with E-state index in [1.165, 1.54) is 18.3 Å². The number of nitrogens with zero attached hydrogens (tertiary/aromatic N) is 3. The van der Waals surface area contributed by atoms with Gasteiger partial charge in [0.15, 0.2) is 0 Å². The van der Waals surface area contributed by atoms with Crippen LogP contribution in [0.5, 0.6) is 0 Å². The molecule has 0 unspecified atom stereocenters. The van der Waals surface area contributed by atoms with E-state index in [1.54, 1.807) is 23.9 Å². The van der Waals surface area contributed by atoms with Crippen LogP contribution in [-0.4, -0.2) is 28.7 Å². The van der Waals surface area contributed by atoms with E-state index in [1.807, 2.05) is 62.6 Å². The standard InChI is InChI=1S/C25H27N5O3S/c1-16-7-6-8-17(2)23(16)28-34(32,33)21-13-11-20(12-14-21)27-24(31)22-15-26-29(5)25(22)30-18(3)9-10-19(30)4/h6-15,28H,1-5H3,(H,27,31). The zero-order chi connectivity index (χ0) is 24.6. The summed E-state index contributed by atoms with van der Waals surface area (Å²) in [5, 5.41) is 7.10. The Bertz CT molecular complexity index is 1440. The number of rotatable bonds is 6. The summed E-state index contributed by atoms with van der Waals surface area (Å²) in [4.78, 5) is 13.2. The predicted molar refractivity (Wildman–Crippen MR) is 133 cm³/mol. The number of para-hydroxylation sites is 1. The first-order valence-electron chi connectivity index (χ1n) is 10.8. The molecule has 8 nitrogen and oxygen atoms in total. The molecule has 0 saturated heterocycles. The van der Waals surface area contributed by atoms with Gasteiger partial charge in [-0.3, -0.25) is 14.2 Å². The van der Waals surface area contributed by atoms with Gasteiger partial charge in [0.2, 0.25) is 0 Å². The molecule has 0 spiro atoms. The maximum atomic E-state index is 13.1. The smallest absolute Gasteiger partial charge is 0.261 e. The molecule has 34 heavy (non-hydrogen) atoms.